The van der Waals surface area contributed by atoms with Gasteiger partial charge in [0.2, 0.25) is 0 Å². The van der Waals surface area contributed by atoms with Crippen LogP contribution in [0.15, 0.2) is 30.3 Å². The van der Waals surface area contributed by atoms with Crippen LogP contribution in [-0.2, 0) is 6.42 Å². The van der Waals surface area contributed by atoms with E-state index in [9.17, 15) is 4.79 Å². The number of rotatable bonds is 1. The molecule has 92 valence electrons. The van der Waals surface area contributed by atoms with Crippen LogP contribution in [0, 0.1) is 6.92 Å². The molecular formula is C15H14ClNO. The standard InChI is InChI=1S/C15H14ClNO/c1-10-9-13-14(3-2-4-15(13)18)17(10)12-7-5-11(16)6-8-12/h5-9H,2-4H2,1H3. The van der Waals surface area contributed by atoms with Gasteiger partial charge in [-0.15, -0.1) is 0 Å². The van der Waals surface area contributed by atoms with Crippen molar-refractivity contribution in [2.45, 2.75) is 26.2 Å². The molecule has 3 rings (SSSR count). The van der Waals surface area contributed by atoms with Crippen molar-refractivity contribution in [2.75, 3.05) is 0 Å². The van der Waals surface area contributed by atoms with Gasteiger partial charge in [0.15, 0.2) is 5.78 Å². The number of carbonyl (C=O) groups is 1. The van der Waals surface area contributed by atoms with E-state index in [0.29, 0.717) is 6.42 Å². The normalized spacial score (nSPS) is 14.7. The van der Waals surface area contributed by atoms with Gasteiger partial charge in [-0.2, -0.15) is 0 Å². The van der Waals surface area contributed by atoms with E-state index >= 15 is 0 Å². The van der Waals surface area contributed by atoms with Crippen molar-refractivity contribution in [2.24, 2.45) is 0 Å². The Balaban J connectivity index is 2.18. The van der Waals surface area contributed by atoms with E-state index in [0.717, 1.165) is 40.5 Å². The molecule has 0 N–H and O–H groups in total. The molecule has 0 amide bonds. The molecule has 2 nitrogen and oxygen atoms in total. The third-order valence-corrected chi connectivity index (χ3v) is 3.74. The van der Waals surface area contributed by atoms with Gasteiger partial charge in [-0.25, -0.2) is 0 Å². The third-order valence-electron chi connectivity index (χ3n) is 3.49. The van der Waals surface area contributed by atoms with Crippen molar-refractivity contribution in [3.8, 4) is 5.69 Å². The molecule has 3 heteroatoms. The van der Waals surface area contributed by atoms with Crippen molar-refractivity contribution in [3.05, 3.63) is 52.3 Å². The number of ketones is 1. The summed E-state index contributed by atoms with van der Waals surface area (Å²) in [4.78, 5) is 11.9. The van der Waals surface area contributed by atoms with Crippen LogP contribution < -0.4 is 0 Å². The van der Waals surface area contributed by atoms with E-state index in [1.165, 1.54) is 0 Å². The lowest BCUT2D eigenvalue weighted by Crippen LogP contribution is -2.12. The van der Waals surface area contributed by atoms with Gasteiger partial charge in [-0.3, -0.25) is 4.79 Å². The average molecular weight is 260 g/mol. The van der Waals surface area contributed by atoms with Crippen LogP contribution in [0.1, 0.15) is 34.6 Å². The van der Waals surface area contributed by atoms with Crippen LogP contribution in [0.25, 0.3) is 5.69 Å². The molecule has 0 fully saturated rings. The largest absolute Gasteiger partial charge is 0.317 e. The Morgan fingerprint density at radius 1 is 1.17 bits per heavy atom. The van der Waals surface area contributed by atoms with E-state index in [1.54, 1.807) is 0 Å². The number of hydrogen-bond donors (Lipinski definition) is 0. The van der Waals surface area contributed by atoms with Crippen LogP contribution >= 0.6 is 11.6 Å². The summed E-state index contributed by atoms with van der Waals surface area (Å²) in [6.07, 6.45) is 2.59. The second-order valence-electron chi connectivity index (χ2n) is 4.73. The maximum Gasteiger partial charge on any atom is 0.164 e. The minimum Gasteiger partial charge on any atom is -0.317 e. The summed E-state index contributed by atoms with van der Waals surface area (Å²) in [7, 11) is 0. The van der Waals surface area contributed by atoms with Crippen molar-refractivity contribution in [1.82, 2.24) is 4.57 Å². The van der Waals surface area contributed by atoms with Gasteiger partial charge in [-0.05, 0) is 50.1 Å². The molecule has 1 aliphatic carbocycles. The minimum atomic E-state index is 0.270. The number of hydrogen-bond acceptors (Lipinski definition) is 1. The Bertz CT molecular complexity index is 610. The quantitative estimate of drug-likeness (QED) is 0.760. The molecule has 0 bridgehead atoms. The van der Waals surface area contributed by atoms with Crippen LogP contribution in [0.2, 0.25) is 5.02 Å². The van der Waals surface area contributed by atoms with E-state index in [-0.39, 0.29) is 5.78 Å². The highest BCUT2D eigenvalue weighted by atomic mass is 35.5. The zero-order valence-corrected chi connectivity index (χ0v) is 11.0. The molecule has 1 heterocycles. The van der Waals surface area contributed by atoms with Crippen molar-refractivity contribution in [3.63, 3.8) is 0 Å². The molecule has 18 heavy (non-hydrogen) atoms. The summed E-state index contributed by atoms with van der Waals surface area (Å²) < 4.78 is 2.17. The predicted molar refractivity (Wildman–Crippen MR) is 72.8 cm³/mol. The first-order chi connectivity index (χ1) is 8.66. The van der Waals surface area contributed by atoms with Crippen LogP contribution in [0.3, 0.4) is 0 Å². The molecular weight excluding hydrogens is 246 g/mol. The molecule has 0 aliphatic heterocycles. The zero-order chi connectivity index (χ0) is 12.7. The molecule has 0 atom stereocenters. The average Bonchev–Trinajstić information content (AvgIpc) is 2.69. The second kappa shape index (κ2) is 4.29. The monoisotopic (exact) mass is 259 g/mol. The molecule has 1 aliphatic rings. The molecule has 1 aromatic heterocycles. The topological polar surface area (TPSA) is 22.0 Å². The lowest BCUT2D eigenvalue weighted by Gasteiger charge is -2.16. The molecule has 0 spiro atoms. The highest BCUT2D eigenvalue weighted by Gasteiger charge is 2.22. The first-order valence-corrected chi connectivity index (χ1v) is 6.55. The fraction of sp³-hybridized carbons (Fsp3) is 0.267. The fourth-order valence-electron chi connectivity index (χ4n) is 2.68. The molecule has 1 aromatic carbocycles. The smallest absolute Gasteiger partial charge is 0.164 e. The summed E-state index contributed by atoms with van der Waals surface area (Å²) in [6, 6.07) is 9.76. The van der Waals surface area contributed by atoms with Gasteiger partial charge in [0.05, 0.1) is 0 Å². The lowest BCUT2D eigenvalue weighted by molar-refractivity contribution is 0.0972. The van der Waals surface area contributed by atoms with Crippen molar-refractivity contribution >= 4 is 17.4 Å². The van der Waals surface area contributed by atoms with Crippen LogP contribution in [0.4, 0.5) is 0 Å². The predicted octanol–water partition coefficient (Wildman–Crippen LogP) is 3.96. The number of benzene rings is 1. The van der Waals surface area contributed by atoms with Gasteiger partial charge >= 0.3 is 0 Å². The lowest BCUT2D eigenvalue weighted by atomic mass is 9.96. The zero-order valence-electron chi connectivity index (χ0n) is 10.2. The number of aryl methyl sites for hydroxylation is 1. The molecule has 0 unspecified atom stereocenters. The molecule has 0 saturated carbocycles. The number of Topliss-reactive ketones (excluding diaryl/α,β-unsaturated/α-hetero) is 1. The van der Waals surface area contributed by atoms with E-state index < -0.39 is 0 Å². The molecule has 0 radical (unpaired) electrons. The molecule has 0 saturated heterocycles. The van der Waals surface area contributed by atoms with E-state index in [4.69, 9.17) is 11.6 Å². The SMILES string of the molecule is Cc1cc2c(n1-c1ccc(Cl)cc1)CCCC2=O. The van der Waals surface area contributed by atoms with Crippen molar-refractivity contribution in [1.29, 1.82) is 0 Å². The number of carbonyl (C=O) groups excluding carboxylic acids is 1. The van der Waals surface area contributed by atoms with Gasteiger partial charge in [0.25, 0.3) is 0 Å². The summed E-state index contributed by atoms with van der Waals surface area (Å²) in [5, 5.41) is 0.730. The fourth-order valence-corrected chi connectivity index (χ4v) is 2.80. The first kappa shape index (κ1) is 11.5. The summed E-state index contributed by atoms with van der Waals surface area (Å²) in [6.45, 7) is 2.04. The highest BCUT2D eigenvalue weighted by Crippen LogP contribution is 2.28. The van der Waals surface area contributed by atoms with E-state index in [1.807, 2.05) is 37.3 Å². The summed E-state index contributed by atoms with van der Waals surface area (Å²) in [5.41, 5.74) is 4.23. The Morgan fingerprint density at radius 3 is 2.61 bits per heavy atom. The van der Waals surface area contributed by atoms with Crippen LogP contribution in [0.5, 0.6) is 0 Å². The van der Waals surface area contributed by atoms with Crippen molar-refractivity contribution < 1.29 is 4.79 Å². The maximum atomic E-state index is 11.9. The van der Waals surface area contributed by atoms with Gasteiger partial charge in [0, 0.05) is 34.1 Å². The summed E-state index contributed by atoms with van der Waals surface area (Å²) in [5.74, 6) is 0.270. The van der Waals surface area contributed by atoms with Crippen LogP contribution in [-0.4, -0.2) is 10.4 Å². The Hall–Kier alpha value is -1.54. The Morgan fingerprint density at radius 2 is 1.89 bits per heavy atom. The maximum absolute atomic E-state index is 11.9. The molecule has 2 aromatic rings. The van der Waals surface area contributed by atoms with Gasteiger partial charge in [0.1, 0.15) is 0 Å². The number of fused-ring (bicyclic) bond motifs is 1. The Labute approximate surface area is 111 Å². The third kappa shape index (κ3) is 1.77. The first-order valence-electron chi connectivity index (χ1n) is 6.17. The Kier molecular flexibility index (Phi) is 2.75. The minimum absolute atomic E-state index is 0.270. The number of nitrogens with zero attached hydrogens (tertiary/aromatic N) is 1. The highest BCUT2D eigenvalue weighted by molar-refractivity contribution is 6.30. The van der Waals surface area contributed by atoms with Gasteiger partial charge < -0.3 is 4.57 Å². The van der Waals surface area contributed by atoms with Gasteiger partial charge in [-0.1, -0.05) is 11.6 Å². The second-order valence-corrected chi connectivity index (χ2v) is 5.17. The summed E-state index contributed by atoms with van der Waals surface area (Å²) >= 11 is 5.92. The number of aromatic nitrogens is 1. The number of halogens is 1. The van der Waals surface area contributed by atoms with E-state index in [2.05, 4.69) is 4.57 Å².